The molecule has 0 bridgehead atoms. The standard InChI is InChI=1S/C20H19N3O3/c1-2-9-23-12-15(14-5-7-21-8-6-14)10-17(23)20(24)22-16-3-4-18-19(11-16)26-13-25-18/h3-8,10-12H,2,9,13H2,1H3,(H,22,24). The van der Waals surface area contributed by atoms with Gasteiger partial charge in [-0.25, -0.2) is 0 Å². The van der Waals surface area contributed by atoms with Gasteiger partial charge in [0.15, 0.2) is 11.5 Å². The molecule has 3 heterocycles. The molecule has 0 radical (unpaired) electrons. The fraction of sp³-hybridized carbons (Fsp3) is 0.200. The quantitative estimate of drug-likeness (QED) is 0.758. The van der Waals surface area contributed by atoms with Crippen LogP contribution in [0.5, 0.6) is 11.5 Å². The molecule has 0 saturated heterocycles. The number of hydrogen-bond acceptors (Lipinski definition) is 4. The molecular weight excluding hydrogens is 330 g/mol. The molecule has 1 amide bonds. The Bertz CT molecular complexity index is 935. The first-order valence-corrected chi connectivity index (χ1v) is 8.56. The lowest BCUT2D eigenvalue weighted by Crippen LogP contribution is -2.16. The van der Waals surface area contributed by atoms with E-state index in [1.807, 2.05) is 35.0 Å². The molecule has 4 rings (SSSR count). The van der Waals surface area contributed by atoms with E-state index in [-0.39, 0.29) is 12.7 Å². The maximum Gasteiger partial charge on any atom is 0.272 e. The van der Waals surface area contributed by atoms with Gasteiger partial charge in [0.05, 0.1) is 0 Å². The number of aryl methyl sites for hydroxylation is 1. The lowest BCUT2D eigenvalue weighted by molar-refractivity contribution is 0.101. The third-order valence-electron chi connectivity index (χ3n) is 4.24. The molecule has 0 atom stereocenters. The molecule has 0 fully saturated rings. The van der Waals surface area contributed by atoms with Crippen LogP contribution in [-0.2, 0) is 6.54 Å². The summed E-state index contributed by atoms with van der Waals surface area (Å²) >= 11 is 0. The van der Waals surface area contributed by atoms with Crippen LogP contribution in [0, 0.1) is 0 Å². The monoisotopic (exact) mass is 349 g/mol. The van der Waals surface area contributed by atoms with E-state index in [2.05, 4.69) is 17.2 Å². The molecule has 1 aliphatic rings. The molecule has 1 N–H and O–H groups in total. The van der Waals surface area contributed by atoms with Crippen molar-refractivity contribution in [2.24, 2.45) is 0 Å². The average Bonchev–Trinajstić information content (AvgIpc) is 3.29. The second-order valence-corrected chi connectivity index (χ2v) is 6.07. The van der Waals surface area contributed by atoms with Crippen LogP contribution in [0.15, 0.2) is 55.0 Å². The van der Waals surface area contributed by atoms with E-state index in [1.165, 1.54) is 0 Å². The van der Waals surface area contributed by atoms with E-state index < -0.39 is 0 Å². The van der Waals surface area contributed by atoms with Crippen molar-refractivity contribution in [3.05, 3.63) is 60.7 Å². The fourth-order valence-electron chi connectivity index (χ4n) is 3.00. The number of benzene rings is 1. The van der Waals surface area contributed by atoms with Gasteiger partial charge in [0, 0.05) is 42.5 Å². The molecule has 2 aromatic heterocycles. The van der Waals surface area contributed by atoms with Crippen LogP contribution < -0.4 is 14.8 Å². The van der Waals surface area contributed by atoms with Crippen LogP contribution in [0.3, 0.4) is 0 Å². The summed E-state index contributed by atoms with van der Waals surface area (Å²) < 4.78 is 12.7. The molecule has 26 heavy (non-hydrogen) atoms. The Labute approximate surface area is 151 Å². The zero-order valence-electron chi connectivity index (χ0n) is 14.4. The van der Waals surface area contributed by atoms with Crippen LogP contribution in [0.25, 0.3) is 11.1 Å². The van der Waals surface area contributed by atoms with E-state index in [4.69, 9.17) is 9.47 Å². The van der Waals surface area contributed by atoms with E-state index in [9.17, 15) is 4.79 Å². The van der Waals surface area contributed by atoms with Crippen LogP contribution in [0.2, 0.25) is 0 Å². The van der Waals surface area contributed by atoms with Gasteiger partial charge in [-0.2, -0.15) is 0 Å². The van der Waals surface area contributed by atoms with Gasteiger partial charge in [0.1, 0.15) is 5.69 Å². The largest absolute Gasteiger partial charge is 0.454 e. The van der Waals surface area contributed by atoms with Crippen LogP contribution in [0.1, 0.15) is 23.8 Å². The Kier molecular flexibility index (Phi) is 4.31. The molecule has 3 aromatic rings. The molecule has 0 spiro atoms. The zero-order chi connectivity index (χ0) is 17.9. The number of amides is 1. The Hall–Kier alpha value is -3.28. The summed E-state index contributed by atoms with van der Waals surface area (Å²) in [5, 5.41) is 2.94. The number of anilines is 1. The average molecular weight is 349 g/mol. The number of nitrogens with one attached hydrogen (secondary N) is 1. The third kappa shape index (κ3) is 3.13. The van der Waals surface area contributed by atoms with Crippen molar-refractivity contribution in [1.82, 2.24) is 9.55 Å². The number of nitrogens with zero attached hydrogens (tertiary/aromatic N) is 2. The highest BCUT2D eigenvalue weighted by Crippen LogP contribution is 2.34. The van der Waals surface area contributed by atoms with Gasteiger partial charge in [-0.3, -0.25) is 9.78 Å². The SMILES string of the molecule is CCCn1cc(-c2ccncc2)cc1C(=O)Nc1ccc2c(c1)OCO2. The number of rotatable bonds is 5. The van der Waals surface area contributed by atoms with E-state index >= 15 is 0 Å². The summed E-state index contributed by atoms with van der Waals surface area (Å²) in [5.41, 5.74) is 3.33. The lowest BCUT2D eigenvalue weighted by atomic mass is 10.1. The van der Waals surface area contributed by atoms with Crippen molar-refractivity contribution in [3.63, 3.8) is 0 Å². The highest BCUT2D eigenvalue weighted by atomic mass is 16.7. The van der Waals surface area contributed by atoms with Gasteiger partial charge < -0.3 is 19.4 Å². The first-order chi connectivity index (χ1) is 12.7. The maximum atomic E-state index is 12.8. The molecule has 1 aromatic carbocycles. The lowest BCUT2D eigenvalue weighted by Gasteiger charge is -2.09. The van der Waals surface area contributed by atoms with Crippen LogP contribution in [0.4, 0.5) is 5.69 Å². The number of carbonyl (C=O) groups is 1. The Morgan fingerprint density at radius 2 is 1.92 bits per heavy atom. The Balaban J connectivity index is 1.61. The molecule has 1 aliphatic heterocycles. The molecule has 0 saturated carbocycles. The van der Waals surface area contributed by atoms with Gasteiger partial charge in [-0.15, -0.1) is 0 Å². The fourth-order valence-corrected chi connectivity index (χ4v) is 3.00. The van der Waals surface area contributed by atoms with Crippen LogP contribution in [-0.4, -0.2) is 22.3 Å². The number of ether oxygens (including phenoxy) is 2. The predicted octanol–water partition coefficient (Wildman–Crippen LogP) is 3.94. The van der Waals surface area contributed by atoms with E-state index in [1.54, 1.807) is 24.5 Å². The summed E-state index contributed by atoms with van der Waals surface area (Å²) in [6, 6.07) is 11.2. The minimum absolute atomic E-state index is 0.155. The normalized spacial score (nSPS) is 12.2. The number of pyridine rings is 1. The van der Waals surface area contributed by atoms with Crippen molar-refractivity contribution < 1.29 is 14.3 Å². The van der Waals surface area contributed by atoms with Gasteiger partial charge in [0.2, 0.25) is 6.79 Å². The Morgan fingerprint density at radius 1 is 1.12 bits per heavy atom. The first kappa shape index (κ1) is 16.2. The molecule has 6 nitrogen and oxygen atoms in total. The van der Waals surface area contributed by atoms with Crippen molar-refractivity contribution in [1.29, 1.82) is 0 Å². The molecule has 0 aliphatic carbocycles. The highest BCUT2D eigenvalue weighted by Gasteiger charge is 2.17. The van der Waals surface area contributed by atoms with Gasteiger partial charge >= 0.3 is 0 Å². The number of aromatic nitrogens is 2. The number of carbonyl (C=O) groups excluding carboxylic acids is 1. The third-order valence-corrected chi connectivity index (χ3v) is 4.24. The number of fused-ring (bicyclic) bond motifs is 1. The van der Waals surface area contributed by atoms with Gasteiger partial charge in [-0.1, -0.05) is 6.92 Å². The smallest absolute Gasteiger partial charge is 0.272 e. The Morgan fingerprint density at radius 3 is 2.73 bits per heavy atom. The van der Waals surface area contributed by atoms with Crippen molar-refractivity contribution in [2.45, 2.75) is 19.9 Å². The predicted molar refractivity (Wildman–Crippen MR) is 98.5 cm³/mol. The molecule has 6 heteroatoms. The maximum absolute atomic E-state index is 12.8. The van der Waals surface area contributed by atoms with Crippen molar-refractivity contribution in [3.8, 4) is 22.6 Å². The minimum Gasteiger partial charge on any atom is -0.454 e. The number of hydrogen-bond donors (Lipinski definition) is 1. The van der Waals surface area contributed by atoms with E-state index in [0.717, 1.165) is 24.1 Å². The molecule has 0 unspecified atom stereocenters. The van der Waals surface area contributed by atoms with Gasteiger partial charge in [-0.05, 0) is 42.3 Å². The van der Waals surface area contributed by atoms with E-state index in [0.29, 0.717) is 22.9 Å². The second kappa shape index (κ2) is 6.92. The first-order valence-electron chi connectivity index (χ1n) is 8.56. The topological polar surface area (TPSA) is 65.4 Å². The summed E-state index contributed by atoms with van der Waals surface area (Å²) in [4.78, 5) is 16.9. The zero-order valence-corrected chi connectivity index (χ0v) is 14.4. The van der Waals surface area contributed by atoms with Crippen LogP contribution >= 0.6 is 0 Å². The second-order valence-electron chi connectivity index (χ2n) is 6.07. The van der Waals surface area contributed by atoms with Crippen molar-refractivity contribution in [2.75, 3.05) is 12.1 Å². The van der Waals surface area contributed by atoms with Gasteiger partial charge in [0.25, 0.3) is 5.91 Å². The molecular formula is C20H19N3O3. The molecule has 132 valence electrons. The highest BCUT2D eigenvalue weighted by molar-refractivity contribution is 6.04. The van der Waals surface area contributed by atoms with Crippen molar-refractivity contribution >= 4 is 11.6 Å². The summed E-state index contributed by atoms with van der Waals surface area (Å²) in [7, 11) is 0. The summed E-state index contributed by atoms with van der Waals surface area (Å²) in [5.74, 6) is 1.18. The summed E-state index contributed by atoms with van der Waals surface area (Å²) in [6.07, 6.45) is 6.44. The minimum atomic E-state index is -0.155. The summed E-state index contributed by atoms with van der Waals surface area (Å²) in [6.45, 7) is 3.07.